The highest BCUT2D eigenvalue weighted by molar-refractivity contribution is 7.98. The Morgan fingerprint density at radius 3 is 2.76 bits per heavy atom. The van der Waals surface area contributed by atoms with E-state index in [1.165, 1.54) is 10.9 Å². The summed E-state index contributed by atoms with van der Waals surface area (Å²) < 4.78 is 0. The zero-order chi connectivity index (χ0) is 12.3. The molecule has 1 heterocycles. The highest BCUT2D eigenvalue weighted by Crippen LogP contribution is 2.23. The van der Waals surface area contributed by atoms with Crippen molar-refractivity contribution in [1.82, 2.24) is 10.3 Å². The van der Waals surface area contributed by atoms with Crippen LogP contribution in [0.2, 0.25) is 0 Å². The van der Waals surface area contributed by atoms with Crippen LogP contribution in [0, 0.1) is 0 Å². The lowest BCUT2D eigenvalue weighted by Gasteiger charge is -2.12. The molecule has 2 aromatic rings. The average molecular weight is 246 g/mol. The van der Waals surface area contributed by atoms with Gasteiger partial charge in [0, 0.05) is 18.0 Å². The number of hydrogen-bond donors (Lipinski definition) is 1. The van der Waals surface area contributed by atoms with Crippen LogP contribution < -0.4 is 5.32 Å². The monoisotopic (exact) mass is 246 g/mol. The van der Waals surface area contributed by atoms with Crippen molar-refractivity contribution in [3.63, 3.8) is 0 Å². The highest BCUT2D eigenvalue weighted by atomic mass is 32.2. The van der Waals surface area contributed by atoms with E-state index in [4.69, 9.17) is 4.98 Å². The van der Waals surface area contributed by atoms with Gasteiger partial charge in [-0.05, 0) is 24.0 Å². The summed E-state index contributed by atoms with van der Waals surface area (Å²) in [6.45, 7) is 5.20. The van der Waals surface area contributed by atoms with E-state index in [2.05, 4.69) is 49.7 Å². The molecule has 1 aromatic heterocycles. The molecule has 1 aromatic carbocycles. The molecule has 0 aliphatic heterocycles. The van der Waals surface area contributed by atoms with Crippen LogP contribution in [0.5, 0.6) is 0 Å². The van der Waals surface area contributed by atoms with Crippen LogP contribution in [-0.2, 0) is 6.54 Å². The fourth-order valence-electron chi connectivity index (χ4n) is 1.76. The van der Waals surface area contributed by atoms with Gasteiger partial charge in [0.15, 0.2) is 0 Å². The zero-order valence-corrected chi connectivity index (χ0v) is 11.3. The van der Waals surface area contributed by atoms with Crippen molar-refractivity contribution in [3.8, 4) is 0 Å². The van der Waals surface area contributed by atoms with Crippen molar-refractivity contribution < 1.29 is 0 Å². The summed E-state index contributed by atoms with van der Waals surface area (Å²) in [7, 11) is 0. The molecule has 0 radical (unpaired) electrons. The van der Waals surface area contributed by atoms with Gasteiger partial charge in [0.05, 0.1) is 5.52 Å². The topological polar surface area (TPSA) is 24.9 Å². The molecule has 17 heavy (non-hydrogen) atoms. The molecule has 0 saturated carbocycles. The molecule has 2 rings (SSSR count). The summed E-state index contributed by atoms with van der Waals surface area (Å²) in [5.41, 5.74) is 2.36. The number of fused-ring (bicyclic) bond motifs is 1. The normalized spacial score (nSPS) is 11.3. The number of nitrogens with zero attached hydrogens (tertiary/aromatic N) is 1. The fourth-order valence-corrected chi connectivity index (χ4v) is 2.34. The molecule has 0 unspecified atom stereocenters. The Hall–Kier alpha value is -1.06. The first kappa shape index (κ1) is 12.4. The van der Waals surface area contributed by atoms with Crippen molar-refractivity contribution in [2.75, 3.05) is 6.26 Å². The number of nitrogens with one attached hydrogen (secondary N) is 1. The Labute approximate surface area is 107 Å². The lowest BCUT2D eigenvalue weighted by atomic mass is 10.1. The van der Waals surface area contributed by atoms with Crippen LogP contribution in [0.25, 0.3) is 10.9 Å². The Morgan fingerprint density at radius 1 is 1.29 bits per heavy atom. The fraction of sp³-hybridized carbons (Fsp3) is 0.357. The summed E-state index contributed by atoms with van der Waals surface area (Å²) in [6, 6.07) is 11.0. The summed E-state index contributed by atoms with van der Waals surface area (Å²) in [5, 5.41) is 5.78. The molecule has 2 nitrogen and oxygen atoms in total. The molecule has 0 atom stereocenters. The lowest BCUT2D eigenvalue weighted by molar-refractivity contribution is 0.583. The van der Waals surface area contributed by atoms with Crippen LogP contribution in [0.15, 0.2) is 35.4 Å². The third-order valence-corrected chi connectivity index (χ3v) is 3.40. The Balaban J connectivity index is 2.38. The lowest BCUT2D eigenvalue weighted by Crippen LogP contribution is -2.22. The van der Waals surface area contributed by atoms with Gasteiger partial charge < -0.3 is 5.32 Å². The van der Waals surface area contributed by atoms with Crippen molar-refractivity contribution >= 4 is 22.7 Å². The van der Waals surface area contributed by atoms with E-state index < -0.39 is 0 Å². The first-order chi connectivity index (χ1) is 8.20. The number of thioether (sulfide) groups is 1. The molecule has 90 valence electrons. The third-order valence-electron chi connectivity index (χ3n) is 2.66. The van der Waals surface area contributed by atoms with Crippen molar-refractivity contribution in [3.05, 3.63) is 35.9 Å². The summed E-state index contributed by atoms with van der Waals surface area (Å²) >= 11 is 1.71. The predicted octanol–water partition coefficient (Wildman–Crippen LogP) is 3.45. The minimum atomic E-state index is 0.496. The Morgan fingerprint density at radius 2 is 2.06 bits per heavy atom. The first-order valence-corrected chi connectivity index (χ1v) is 7.09. The molecular weight excluding hydrogens is 228 g/mol. The second-order valence-electron chi connectivity index (χ2n) is 4.39. The third kappa shape index (κ3) is 2.99. The maximum atomic E-state index is 4.69. The second kappa shape index (κ2) is 5.52. The number of hydrogen-bond acceptors (Lipinski definition) is 3. The minimum Gasteiger partial charge on any atom is -0.310 e. The number of benzene rings is 1. The van der Waals surface area contributed by atoms with Gasteiger partial charge in [-0.1, -0.05) is 32.0 Å². The smallest absolute Gasteiger partial charge is 0.101 e. The van der Waals surface area contributed by atoms with Crippen LogP contribution in [-0.4, -0.2) is 17.3 Å². The largest absolute Gasteiger partial charge is 0.310 e. The maximum Gasteiger partial charge on any atom is 0.101 e. The molecule has 0 aliphatic rings. The van der Waals surface area contributed by atoms with Crippen LogP contribution in [0.1, 0.15) is 19.4 Å². The van der Waals surface area contributed by atoms with Gasteiger partial charge in [0.1, 0.15) is 5.03 Å². The second-order valence-corrected chi connectivity index (χ2v) is 5.18. The van der Waals surface area contributed by atoms with Gasteiger partial charge in [-0.3, -0.25) is 0 Å². The van der Waals surface area contributed by atoms with Gasteiger partial charge in [0.25, 0.3) is 0 Å². The van der Waals surface area contributed by atoms with Crippen LogP contribution >= 0.6 is 11.8 Å². The van der Waals surface area contributed by atoms with E-state index in [1.54, 1.807) is 11.8 Å². The van der Waals surface area contributed by atoms with Crippen LogP contribution in [0.3, 0.4) is 0 Å². The molecule has 0 amide bonds. The van der Waals surface area contributed by atoms with Gasteiger partial charge in [0.2, 0.25) is 0 Å². The van der Waals surface area contributed by atoms with Gasteiger partial charge in [-0.15, -0.1) is 11.8 Å². The van der Waals surface area contributed by atoms with Crippen molar-refractivity contribution in [1.29, 1.82) is 0 Å². The van der Waals surface area contributed by atoms with Crippen molar-refractivity contribution in [2.24, 2.45) is 0 Å². The quantitative estimate of drug-likeness (QED) is 0.836. The van der Waals surface area contributed by atoms with Gasteiger partial charge in [-0.25, -0.2) is 4.98 Å². The number of aromatic nitrogens is 1. The Bertz CT molecular complexity index is 509. The van der Waals surface area contributed by atoms with E-state index >= 15 is 0 Å². The molecule has 0 fully saturated rings. The first-order valence-electron chi connectivity index (χ1n) is 5.86. The summed E-state index contributed by atoms with van der Waals surface area (Å²) in [6.07, 6.45) is 2.08. The number of rotatable bonds is 4. The molecule has 0 aliphatic carbocycles. The molecule has 0 spiro atoms. The van der Waals surface area contributed by atoms with E-state index in [0.29, 0.717) is 6.04 Å². The molecular formula is C14H18N2S. The van der Waals surface area contributed by atoms with Gasteiger partial charge in [-0.2, -0.15) is 0 Å². The average Bonchev–Trinajstić information content (AvgIpc) is 2.35. The molecule has 3 heteroatoms. The number of para-hydroxylation sites is 1. The Kier molecular flexibility index (Phi) is 4.02. The van der Waals surface area contributed by atoms with E-state index in [0.717, 1.165) is 17.1 Å². The summed E-state index contributed by atoms with van der Waals surface area (Å²) in [5.74, 6) is 0. The SMILES string of the molecule is CSc1nc2ccccc2cc1CNC(C)C. The van der Waals surface area contributed by atoms with Gasteiger partial charge >= 0.3 is 0 Å². The van der Waals surface area contributed by atoms with Crippen LogP contribution in [0.4, 0.5) is 0 Å². The molecule has 0 saturated heterocycles. The standard InChI is InChI=1S/C14H18N2S/c1-10(2)15-9-12-8-11-6-4-5-7-13(11)16-14(12)17-3/h4-8,10,15H,9H2,1-3H3. The van der Waals surface area contributed by atoms with E-state index in [-0.39, 0.29) is 0 Å². The number of pyridine rings is 1. The van der Waals surface area contributed by atoms with E-state index in [9.17, 15) is 0 Å². The zero-order valence-electron chi connectivity index (χ0n) is 10.5. The summed E-state index contributed by atoms with van der Waals surface area (Å²) in [4.78, 5) is 4.69. The van der Waals surface area contributed by atoms with Crippen molar-refractivity contribution in [2.45, 2.75) is 31.5 Å². The maximum absolute atomic E-state index is 4.69. The minimum absolute atomic E-state index is 0.496. The molecule has 0 bridgehead atoms. The highest BCUT2D eigenvalue weighted by Gasteiger charge is 2.06. The predicted molar refractivity (Wildman–Crippen MR) is 75.5 cm³/mol. The molecule has 1 N–H and O–H groups in total. The van der Waals surface area contributed by atoms with E-state index in [1.807, 2.05) is 6.07 Å².